The molecule has 0 aliphatic rings. The van der Waals surface area contributed by atoms with E-state index in [1.807, 2.05) is 0 Å². The highest BCUT2D eigenvalue weighted by Gasteiger charge is 2.08. The molecule has 2 aromatic carbocycles. The summed E-state index contributed by atoms with van der Waals surface area (Å²) in [5.41, 5.74) is 5.26. The maximum absolute atomic E-state index is 12.5. The molecule has 3 rings (SSSR count). The number of ether oxygens (including phenoxy) is 1. The first-order chi connectivity index (χ1) is 12.5. The number of aryl methyl sites for hydroxylation is 2. The lowest BCUT2D eigenvalue weighted by Gasteiger charge is -2.10. The average Bonchev–Trinajstić information content (AvgIpc) is 2.61. The lowest BCUT2D eigenvalue weighted by molar-refractivity contribution is 0.102. The van der Waals surface area contributed by atoms with Crippen LogP contribution in [0, 0.1) is 13.8 Å². The van der Waals surface area contributed by atoms with Crippen molar-refractivity contribution in [3.63, 3.8) is 0 Å². The molecule has 5 heteroatoms. The summed E-state index contributed by atoms with van der Waals surface area (Å²) in [4.78, 5) is 16.6. The smallest absolute Gasteiger partial charge is 0.257 e. The fourth-order valence-electron chi connectivity index (χ4n) is 2.72. The third kappa shape index (κ3) is 4.39. The van der Waals surface area contributed by atoms with Crippen molar-refractivity contribution in [2.75, 3.05) is 17.7 Å². The number of anilines is 3. The molecule has 0 bridgehead atoms. The van der Waals surface area contributed by atoms with Gasteiger partial charge in [0.2, 0.25) is 0 Å². The second-order valence-electron chi connectivity index (χ2n) is 6.15. The fraction of sp³-hybridized carbons (Fsp3) is 0.143. The summed E-state index contributed by atoms with van der Waals surface area (Å²) in [7, 11) is 1.60. The summed E-state index contributed by atoms with van der Waals surface area (Å²) in [5.74, 6) is 0.524. The number of hydrogen-bond donors (Lipinski definition) is 2. The van der Waals surface area contributed by atoms with Crippen molar-refractivity contribution in [2.24, 2.45) is 0 Å². The van der Waals surface area contributed by atoms with Crippen molar-refractivity contribution in [3.05, 3.63) is 77.6 Å². The Hall–Kier alpha value is -3.34. The molecule has 0 saturated heterocycles. The van der Waals surface area contributed by atoms with Crippen LogP contribution in [0.5, 0.6) is 5.75 Å². The molecule has 3 aromatic rings. The second kappa shape index (κ2) is 7.70. The number of rotatable bonds is 5. The highest BCUT2D eigenvalue weighted by Crippen LogP contribution is 2.21. The van der Waals surface area contributed by atoms with E-state index in [-0.39, 0.29) is 5.91 Å². The summed E-state index contributed by atoms with van der Waals surface area (Å²) >= 11 is 0. The van der Waals surface area contributed by atoms with Crippen LogP contribution in [-0.2, 0) is 0 Å². The Morgan fingerprint density at radius 1 is 0.885 bits per heavy atom. The Kier molecular flexibility index (Phi) is 5.17. The first kappa shape index (κ1) is 17.5. The summed E-state index contributed by atoms with van der Waals surface area (Å²) in [6, 6.07) is 15.2. The van der Waals surface area contributed by atoms with Crippen LogP contribution in [0.2, 0.25) is 0 Å². The van der Waals surface area contributed by atoms with Crippen LogP contribution < -0.4 is 15.4 Å². The minimum Gasteiger partial charge on any atom is -0.497 e. The number of benzene rings is 2. The fourth-order valence-corrected chi connectivity index (χ4v) is 2.72. The van der Waals surface area contributed by atoms with Gasteiger partial charge in [-0.15, -0.1) is 0 Å². The Morgan fingerprint density at radius 3 is 2.23 bits per heavy atom. The van der Waals surface area contributed by atoms with Gasteiger partial charge in [0, 0.05) is 17.6 Å². The van der Waals surface area contributed by atoms with Crippen molar-refractivity contribution in [3.8, 4) is 5.75 Å². The van der Waals surface area contributed by atoms with Gasteiger partial charge in [0.25, 0.3) is 5.91 Å². The molecule has 0 spiro atoms. The van der Waals surface area contributed by atoms with Gasteiger partial charge in [-0.05, 0) is 67.4 Å². The zero-order valence-electron chi connectivity index (χ0n) is 15.0. The molecule has 1 amide bonds. The number of nitrogens with one attached hydrogen (secondary N) is 2. The molecular weight excluding hydrogens is 326 g/mol. The lowest BCUT2D eigenvalue weighted by Crippen LogP contribution is -2.12. The second-order valence-corrected chi connectivity index (χ2v) is 6.15. The molecule has 0 fully saturated rings. The Balaban J connectivity index is 1.74. The maximum Gasteiger partial charge on any atom is 0.257 e. The molecule has 5 nitrogen and oxygen atoms in total. The van der Waals surface area contributed by atoms with E-state index in [9.17, 15) is 4.79 Å². The molecule has 0 aliphatic heterocycles. The van der Waals surface area contributed by atoms with E-state index in [0.29, 0.717) is 11.3 Å². The van der Waals surface area contributed by atoms with E-state index >= 15 is 0 Å². The molecule has 1 heterocycles. The van der Waals surface area contributed by atoms with E-state index in [4.69, 9.17) is 4.74 Å². The first-order valence-electron chi connectivity index (χ1n) is 8.29. The summed E-state index contributed by atoms with van der Waals surface area (Å²) in [6.07, 6.45) is 3.24. The van der Waals surface area contributed by atoms with Gasteiger partial charge in [0.05, 0.1) is 24.6 Å². The van der Waals surface area contributed by atoms with Gasteiger partial charge in [0.1, 0.15) is 5.75 Å². The van der Waals surface area contributed by atoms with E-state index in [1.165, 1.54) is 11.1 Å². The minimum absolute atomic E-state index is 0.216. The highest BCUT2D eigenvalue weighted by molar-refractivity contribution is 6.04. The quantitative estimate of drug-likeness (QED) is 0.702. The number of carbonyl (C=O) groups is 1. The van der Waals surface area contributed by atoms with Crippen molar-refractivity contribution in [2.45, 2.75) is 13.8 Å². The van der Waals surface area contributed by atoms with Crippen molar-refractivity contribution >= 4 is 23.0 Å². The highest BCUT2D eigenvalue weighted by atomic mass is 16.5. The van der Waals surface area contributed by atoms with Gasteiger partial charge < -0.3 is 15.4 Å². The van der Waals surface area contributed by atoms with Crippen molar-refractivity contribution < 1.29 is 9.53 Å². The predicted octanol–water partition coefficient (Wildman–Crippen LogP) is 4.70. The number of amides is 1. The van der Waals surface area contributed by atoms with Crippen LogP contribution in [0.15, 0.2) is 60.9 Å². The SMILES string of the molecule is COc1ccc(NC(=O)c2cncc(Nc3cc(C)cc(C)c3)c2)cc1. The van der Waals surface area contributed by atoms with Crippen LogP contribution in [0.4, 0.5) is 17.1 Å². The van der Waals surface area contributed by atoms with Crippen molar-refractivity contribution in [1.29, 1.82) is 0 Å². The van der Waals surface area contributed by atoms with Crippen LogP contribution >= 0.6 is 0 Å². The van der Waals surface area contributed by atoms with Gasteiger partial charge in [-0.1, -0.05) is 6.07 Å². The zero-order valence-corrected chi connectivity index (χ0v) is 15.0. The number of methoxy groups -OCH3 is 1. The van der Waals surface area contributed by atoms with E-state index < -0.39 is 0 Å². The molecule has 0 aliphatic carbocycles. The maximum atomic E-state index is 12.5. The van der Waals surface area contributed by atoms with Gasteiger partial charge in [-0.25, -0.2) is 0 Å². The topological polar surface area (TPSA) is 63.2 Å². The van der Waals surface area contributed by atoms with Crippen LogP contribution in [-0.4, -0.2) is 18.0 Å². The van der Waals surface area contributed by atoms with Crippen LogP contribution in [0.25, 0.3) is 0 Å². The Bertz CT molecular complexity index is 901. The van der Waals surface area contributed by atoms with Gasteiger partial charge in [-0.3, -0.25) is 9.78 Å². The minimum atomic E-state index is -0.216. The molecule has 2 N–H and O–H groups in total. The van der Waals surface area contributed by atoms with E-state index in [0.717, 1.165) is 17.1 Å². The first-order valence-corrected chi connectivity index (χ1v) is 8.29. The number of nitrogens with zero attached hydrogens (tertiary/aromatic N) is 1. The summed E-state index contributed by atoms with van der Waals surface area (Å²) in [5, 5.41) is 6.16. The standard InChI is InChI=1S/C21H21N3O2/c1-14-8-15(2)10-18(9-14)23-19-11-16(12-22-13-19)21(25)24-17-4-6-20(26-3)7-5-17/h4-13,23H,1-3H3,(H,24,25). The molecule has 132 valence electrons. The van der Waals surface area contributed by atoms with E-state index in [2.05, 4.69) is 47.7 Å². The molecule has 1 aromatic heterocycles. The molecule has 0 atom stereocenters. The third-order valence-electron chi connectivity index (χ3n) is 3.86. The average molecular weight is 347 g/mol. The Labute approximate surface area is 153 Å². The lowest BCUT2D eigenvalue weighted by atomic mass is 10.1. The van der Waals surface area contributed by atoms with Crippen LogP contribution in [0.1, 0.15) is 21.5 Å². The largest absolute Gasteiger partial charge is 0.497 e. The number of aromatic nitrogens is 1. The monoisotopic (exact) mass is 347 g/mol. The third-order valence-corrected chi connectivity index (χ3v) is 3.86. The van der Waals surface area contributed by atoms with Crippen LogP contribution in [0.3, 0.4) is 0 Å². The van der Waals surface area contributed by atoms with Gasteiger partial charge in [0.15, 0.2) is 0 Å². The number of hydrogen-bond acceptors (Lipinski definition) is 4. The predicted molar refractivity (Wildman–Crippen MR) is 104 cm³/mol. The molecule has 0 radical (unpaired) electrons. The van der Waals surface area contributed by atoms with E-state index in [1.54, 1.807) is 49.8 Å². The molecular formula is C21H21N3O2. The molecule has 0 unspecified atom stereocenters. The molecule has 26 heavy (non-hydrogen) atoms. The zero-order chi connectivity index (χ0) is 18.5. The normalized spacial score (nSPS) is 10.3. The number of carbonyl (C=O) groups excluding carboxylic acids is 1. The van der Waals surface area contributed by atoms with Crippen molar-refractivity contribution in [1.82, 2.24) is 4.98 Å². The molecule has 0 saturated carbocycles. The summed E-state index contributed by atoms with van der Waals surface area (Å²) in [6.45, 7) is 4.10. The Morgan fingerprint density at radius 2 is 1.58 bits per heavy atom. The number of pyridine rings is 1. The van der Waals surface area contributed by atoms with Gasteiger partial charge in [-0.2, -0.15) is 0 Å². The van der Waals surface area contributed by atoms with Gasteiger partial charge >= 0.3 is 0 Å². The summed E-state index contributed by atoms with van der Waals surface area (Å²) < 4.78 is 5.12.